The second kappa shape index (κ2) is 6.46. The van der Waals surface area contributed by atoms with Gasteiger partial charge in [-0.2, -0.15) is 0 Å². The molecule has 1 amide bonds. The molecule has 5 heteroatoms. The highest BCUT2D eigenvalue weighted by Gasteiger charge is 2.17. The van der Waals surface area contributed by atoms with Crippen LogP contribution < -0.4 is 5.32 Å². The van der Waals surface area contributed by atoms with Crippen molar-refractivity contribution in [2.24, 2.45) is 0 Å². The molecular weight excluding hydrogens is 306 g/mol. The lowest BCUT2D eigenvalue weighted by Crippen LogP contribution is -2.22. The van der Waals surface area contributed by atoms with E-state index in [9.17, 15) is 4.79 Å². The number of carbonyl (C=O) groups excluding carboxylic acids is 1. The van der Waals surface area contributed by atoms with Crippen LogP contribution in [-0.4, -0.2) is 21.1 Å². The van der Waals surface area contributed by atoms with Gasteiger partial charge in [0.1, 0.15) is 0 Å². The number of nitrogens with one attached hydrogen (secondary N) is 2. The predicted molar refractivity (Wildman–Crippen MR) is 96.0 cm³/mol. The zero-order valence-corrected chi connectivity index (χ0v) is 14.2. The SMILES string of the molecule is Cc1ccc2nc(S[C@H](C)C(=O)Nc3ccccc3C)[nH]c2c1. The molecule has 2 aromatic carbocycles. The van der Waals surface area contributed by atoms with Gasteiger partial charge in [0.05, 0.1) is 16.3 Å². The minimum atomic E-state index is -0.240. The molecule has 118 valence electrons. The third kappa shape index (κ3) is 3.56. The lowest BCUT2D eigenvalue weighted by atomic mass is 10.2. The number of rotatable bonds is 4. The number of carbonyl (C=O) groups is 1. The van der Waals surface area contributed by atoms with Crippen LogP contribution in [0.15, 0.2) is 47.6 Å². The van der Waals surface area contributed by atoms with Gasteiger partial charge in [-0.3, -0.25) is 4.79 Å². The number of H-pyrrole nitrogens is 1. The Morgan fingerprint density at radius 1 is 1.22 bits per heavy atom. The van der Waals surface area contributed by atoms with E-state index in [1.165, 1.54) is 17.3 Å². The summed E-state index contributed by atoms with van der Waals surface area (Å²) in [6.45, 7) is 5.91. The van der Waals surface area contributed by atoms with Gasteiger partial charge in [0, 0.05) is 5.69 Å². The Balaban J connectivity index is 1.71. The average Bonchev–Trinajstić information content (AvgIpc) is 2.90. The van der Waals surface area contributed by atoms with E-state index < -0.39 is 0 Å². The highest BCUT2D eigenvalue weighted by atomic mass is 32.2. The van der Waals surface area contributed by atoms with Gasteiger partial charge in [-0.05, 0) is 50.1 Å². The molecule has 1 aromatic heterocycles. The molecule has 2 N–H and O–H groups in total. The van der Waals surface area contributed by atoms with E-state index in [4.69, 9.17) is 0 Å². The van der Waals surface area contributed by atoms with Crippen molar-refractivity contribution >= 4 is 34.4 Å². The van der Waals surface area contributed by atoms with E-state index in [2.05, 4.69) is 21.4 Å². The fraction of sp³-hybridized carbons (Fsp3) is 0.222. The number of hydrogen-bond donors (Lipinski definition) is 2. The number of hydrogen-bond acceptors (Lipinski definition) is 3. The molecule has 0 saturated heterocycles. The molecule has 0 radical (unpaired) electrons. The molecule has 1 atom stereocenters. The summed E-state index contributed by atoms with van der Waals surface area (Å²) in [7, 11) is 0. The standard InChI is InChI=1S/C18H19N3OS/c1-11-8-9-15-16(10-11)21-18(20-15)23-13(3)17(22)19-14-7-5-4-6-12(14)2/h4-10,13H,1-3H3,(H,19,22)(H,20,21)/t13-/m1/s1. The van der Waals surface area contributed by atoms with Gasteiger partial charge < -0.3 is 10.3 Å². The first kappa shape index (κ1) is 15.6. The molecule has 0 spiro atoms. The number of aryl methyl sites for hydroxylation is 2. The Morgan fingerprint density at radius 2 is 2.00 bits per heavy atom. The molecule has 0 unspecified atom stereocenters. The summed E-state index contributed by atoms with van der Waals surface area (Å²) < 4.78 is 0. The highest BCUT2D eigenvalue weighted by Crippen LogP contribution is 2.25. The topological polar surface area (TPSA) is 57.8 Å². The maximum absolute atomic E-state index is 12.4. The summed E-state index contributed by atoms with van der Waals surface area (Å²) in [5.41, 5.74) is 5.01. The van der Waals surface area contributed by atoms with Crippen LogP contribution >= 0.6 is 11.8 Å². The van der Waals surface area contributed by atoms with Crippen molar-refractivity contribution in [2.45, 2.75) is 31.2 Å². The van der Waals surface area contributed by atoms with E-state index >= 15 is 0 Å². The Labute approximate surface area is 139 Å². The summed E-state index contributed by atoms with van der Waals surface area (Å²) in [5.74, 6) is -0.0269. The number of anilines is 1. The minimum Gasteiger partial charge on any atom is -0.333 e. The van der Waals surface area contributed by atoms with Crippen molar-refractivity contribution in [3.8, 4) is 0 Å². The first-order chi connectivity index (χ1) is 11.0. The smallest absolute Gasteiger partial charge is 0.237 e. The molecule has 4 nitrogen and oxygen atoms in total. The zero-order chi connectivity index (χ0) is 16.4. The molecule has 23 heavy (non-hydrogen) atoms. The number of thioether (sulfide) groups is 1. The predicted octanol–water partition coefficient (Wildman–Crippen LogP) is 4.30. The van der Waals surface area contributed by atoms with Gasteiger partial charge in [-0.15, -0.1) is 0 Å². The van der Waals surface area contributed by atoms with Gasteiger partial charge in [-0.1, -0.05) is 36.0 Å². The van der Waals surface area contributed by atoms with Crippen molar-refractivity contribution in [1.29, 1.82) is 0 Å². The highest BCUT2D eigenvalue weighted by molar-refractivity contribution is 8.00. The summed E-state index contributed by atoms with van der Waals surface area (Å²) in [6, 6.07) is 13.9. The Morgan fingerprint density at radius 3 is 2.78 bits per heavy atom. The number of para-hydroxylation sites is 1. The summed E-state index contributed by atoms with van der Waals surface area (Å²) in [4.78, 5) is 20.2. The van der Waals surface area contributed by atoms with E-state index in [-0.39, 0.29) is 11.2 Å². The minimum absolute atomic E-state index is 0.0269. The largest absolute Gasteiger partial charge is 0.333 e. The lowest BCUT2D eigenvalue weighted by molar-refractivity contribution is -0.115. The molecular formula is C18H19N3OS. The summed E-state index contributed by atoms with van der Waals surface area (Å²) >= 11 is 1.43. The third-order valence-electron chi connectivity index (χ3n) is 3.68. The molecule has 3 rings (SSSR count). The maximum atomic E-state index is 12.4. The van der Waals surface area contributed by atoms with Crippen LogP contribution in [0.25, 0.3) is 11.0 Å². The van der Waals surface area contributed by atoms with E-state index in [1.54, 1.807) is 0 Å². The summed E-state index contributed by atoms with van der Waals surface area (Å²) in [5, 5.41) is 3.49. The summed E-state index contributed by atoms with van der Waals surface area (Å²) in [6.07, 6.45) is 0. The van der Waals surface area contributed by atoms with Crippen LogP contribution in [0, 0.1) is 13.8 Å². The second-order valence-electron chi connectivity index (χ2n) is 5.63. The number of nitrogens with zero attached hydrogens (tertiary/aromatic N) is 1. The zero-order valence-electron chi connectivity index (χ0n) is 13.4. The van der Waals surface area contributed by atoms with Crippen LogP contribution in [0.3, 0.4) is 0 Å². The molecule has 0 saturated carbocycles. The lowest BCUT2D eigenvalue weighted by Gasteiger charge is -2.12. The molecule has 1 heterocycles. The fourth-order valence-corrected chi connectivity index (χ4v) is 3.15. The Bertz CT molecular complexity index is 856. The molecule has 0 aliphatic carbocycles. The number of aromatic nitrogens is 2. The number of aromatic amines is 1. The van der Waals surface area contributed by atoms with Gasteiger partial charge >= 0.3 is 0 Å². The third-order valence-corrected chi connectivity index (χ3v) is 4.66. The van der Waals surface area contributed by atoms with Crippen molar-refractivity contribution in [3.05, 3.63) is 53.6 Å². The first-order valence-corrected chi connectivity index (χ1v) is 8.40. The van der Waals surface area contributed by atoms with Crippen LogP contribution in [0.5, 0.6) is 0 Å². The molecule has 0 aliphatic rings. The molecule has 0 aliphatic heterocycles. The van der Waals surface area contributed by atoms with E-state index in [1.807, 2.05) is 57.2 Å². The van der Waals surface area contributed by atoms with E-state index in [0.29, 0.717) is 0 Å². The van der Waals surface area contributed by atoms with Gasteiger partial charge in [0.15, 0.2) is 5.16 Å². The average molecular weight is 325 g/mol. The molecule has 3 aromatic rings. The Kier molecular flexibility index (Phi) is 4.39. The second-order valence-corrected chi connectivity index (χ2v) is 6.96. The Hall–Kier alpha value is -2.27. The normalized spacial score (nSPS) is 12.3. The van der Waals surface area contributed by atoms with Crippen LogP contribution in [0.4, 0.5) is 5.69 Å². The van der Waals surface area contributed by atoms with Crippen molar-refractivity contribution < 1.29 is 4.79 Å². The fourth-order valence-electron chi connectivity index (χ4n) is 2.32. The van der Waals surface area contributed by atoms with Crippen molar-refractivity contribution in [3.63, 3.8) is 0 Å². The quantitative estimate of drug-likeness (QED) is 0.703. The monoisotopic (exact) mass is 325 g/mol. The molecule has 0 bridgehead atoms. The van der Waals surface area contributed by atoms with Gasteiger partial charge in [-0.25, -0.2) is 4.98 Å². The van der Waals surface area contributed by atoms with E-state index in [0.717, 1.165) is 27.4 Å². The number of fused-ring (bicyclic) bond motifs is 1. The van der Waals surface area contributed by atoms with Crippen LogP contribution in [0.1, 0.15) is 18.1 Å². The van der Waals surface area contributed by atoms with Gasteiger partial charge in [0.25, 0.3) is 0 Å². The first-order valence-electron chi connectivity index (χ1n) is 7.52. The number of benzene rings is 2. The van der Waals surface area contributed by atoms with Crippen molar-refractivity contribution in [2.75, 3.05) is 5.32 Å². The van der Waals surface area contributed by atoms with Gasteiger partial charge in [0.2, 0.25) is 5.91 Å². The van der Waals surface area contributed by atoms with Crippen molar-refractivity contribution in [1.82, 2.24) is 9.97 Å². The maximum Gasteiger partial charge on any atom is 0.237 e. The number of amides is 1. The number of imidazole rings is 1. The van der Waals surface area contributed by atoms with Crippen LogP contribution in [-0.2, 0) is 4.79 Å². The van der Waals surface area contributed by atoms with Crippen LogP contribution in [0.2, 0.25) is 0 Å². The molecule has 0 fully saturated rings.